The van der Waals surface area contributed by atoms with E-state index in [0.717, 1.165) is 5.57 Å². The molecular formula is C41H69BrO11. The van der Waals surface area contributed by atoms with Crippen molar-refractivity contribution < 1.29 is 54.8 Å². The highest BCUT2D eigenvalue weighted by Gasteiger charge is 2.52. The largest absolute Gasteiger partial charge is 0.496 e. The number of halogens is 1. The Labute approximate surface area is 325 Å². The summed E-state index contributed by atoms with van der Waals surface area (Å²) in [6.45, 7) is 18.4. The van der Waals surface area contributed by atoms with Gasteiger partial charge in [-0.3, -0.25) is 0 Å². The van der Waals surface area contributed by atoms with Crippen LogP contribution < -0.4 is 0 Å². The lowest BCUT2D eigenvalue weighted by Gasteiger charge is -2.38. The molecule has 0 aliphatic carbocycles. The first kappa shape index (κ1) is 47.5. The number of ether oxygens (including phenoxy) is 3. The summed E-state index contributed by atoms with van der Waals surface area (Å²) in [7, 11) is 1.48. The van der Waals surface area contributed by atoms with Crippen LogP contribution in [0.15, 0.2) is 46.2 Å². The summed E-state index contributed by atoms with van der Waals surface area (Å²) in [6, 6.07) is 0. The molecule has 13 atom stereocenters. The Morgan fingerprint density at radius 1 is 1.04 bits per heavy atom. The first-order valence-electron chi connectivity index (χ1n) is 19.1. The summed E-state index contributed by atoms with van der Waals surface area (Å²) in [5.41, 5.74) is -0.339. The third kappa shape index (κ3) is 14.1. The van der Waals surface area contributed by atoms with Gasteiger partial charge < -0.3 is 50.0 Å². The molecule has 2 rings (SSSR count). The summed E-state index contributed by atoms with van der Waals surface area (Å²) in [4.78, 5) is 14.6. The minimum absolute atomic E-state index is 0.0217. The van der Waals surface area contributed by atoms with Gasteiger partial charge >= 0.3 is 5.97 Å². The third-order valence-electron chi connectivity index (χ3n) is 11.4. The standard InChI is InChI=1S/C41H69BrO11/c1-23-11-24(2)17-39(50)52-38-20-31(14-25(3)13-29(43)12-23)53-41(38,9)37(49)16-26(4)15-35(47)40(7,8)36(48)21-33(46)28(6)32(45)19-30(44)18-27(5)34(22-42)51-10/h16-17,22-23,25,28-33,35-38,43-49H,5,11-15,18-21H2,1-4,6-10H3. The summed E-state index contributed by atoms with van der Waals surface area (Å²) >= 11 is 3.19. The van der Waals surface area contributed by atoms with E-state index in [-0.39, 0.29) is 43.6 Å². The second kappa shape index (κ2) is 21.1. The zero-order valence-electron chi connectivity index (χ0n) is 33.4. The van der Waals surface area contributed by atoms with Crippen LogP contribution in [0.3, 0.4) is 0 Å². The first-order valence-corrected chi connectivity index (χ1v) is 20.0. The lowest BCUT2D eigenvalue weighted by Crippen LogP contribution is -2.48. The quantitative estimate of drug-likeness (QED) is 0.0460. The summed E-state index contributed by atoms with van der Waals surface area (Å²) < 4.78 is 17.6. The molecule has 2 heterocycles. The number of carbonyl (C=O) groups excluding carboxylic acids is 1. The molecule has 0 aromatic carbocycles. The SMILES string of the molecule is C=C(CC(O)CC(O)C(C)C(O)CC(O)C(C)(C)C(O)CC(C)=CC(O)C1(C)OC2CC(C)CC(O)CC(C)CC(C)=CC(=O)OC1C2)C(=CBr)OC. The molecule has 7 N–H and O–H groups in total. The molecule has 0 aromatic heterocycles. The smallest absolute Gasteiger partial charge is 0.331 e. The van der Waals surface area contributed by atoms with Gasteiger partial charge in [-0.2, -0.15) is 0 Å². The Hall–Kier alpha value is -1.61. The predicted molar refractivity (Wildman–Crippen MR) is 209 cm³/mol. The molecule has 53 heavy (non-hydrogen) atoms. The fourth-order valence-corrected chi connectivity index (χ4v) is 8.20. The van der Waals surface area contributed by atoms with Gasteiger partial charge in [0.05, 0.1) is 49.8 Å². The predicted octanol–water partition coefficient (Wildman–Crippen LogP) is 5.37. The average Bonchev–Trinajstić information content (AvgIpc) is 3.34. The molecule has 12 heteroatoms. The van der Waals surface area contributed by atoms with Crippen LogP contribution in [0.5, 0.6) is 0 Å². The van der Waals surface area contributed by atoms with E-state index in [1.54, 1.807) is 45.7 Å². The van der Waals surface area contributed by atoms with E-state index < -0.39 is 71.7 Å². The first-order chi connectivity index (χ1) is 24.5. The maximum atomic E-state index is 13.0. The zero-order chi connectivity index (χ0) is 40.4. The van der Waals surface area contributed by atoms with Crippen LogP contribution in [-0.4, -0.2) is 109 Å². The van der Waals surface area contributed by atoms with E-state index in [1.807, 2.05) is 6.92 Å². The van der Waals surface area contributed by atoms with Crippen LogP contribution in [-0.2, 0) is 19.0 Å². The number of esters is 1. The maximum Gasteiger partial charge on any atom is 0.331 e. The molecule has 306 valence electrons. The maximum absolute atomic E-state index is 13.0. The Morgan fingerprint density at radius 2 is 1.64 bits per heavy atom. The van der Waals surface area contributed by atoms with Gasteiger partial charge in [-0.15, -0.1) is 0 Å². The van der Waals surface area contributed by atoms with Crippen LogP contribution in [0.2, 0.25) is 0 Å². The molecule has 13 unspecified atom stereocenters. The molecule has 0 amide bonds. The second-order valence-corrected chi connectivity index (χ2v) is 17.4. The van der Waals surface area contributed by atoms with Crippen molar-refractivity contribution in [3.05, 3.63) is 46.2 Å². The summed E-state index contributed by atoms with van der Waals surface area (Å²) in [6.07, 6.45) is -1.94. The Morgan fingerprint density at radius 3 is 2.25 bits per heavy atom. The molecule has 2 bridgehead atoms. The van der Waals surface area contributed by atoms with Gasteiger partial charge in [0.15, 0.2) is 0 Å². The molecule has 2 aliphatic rings. The van der Waals surface area contributed by atoms with Gasteiger partial charge in [-0.05, 0) is 76.7 Å². The normalized spacial score (nSPS) is 30.9. The van der Waals surface area contributed by atoms with E-state index in [2.05, 4.69) is 36.4 Å². The Kier molecular flexibility index (Phi) is 18.9. The fraction of sp³-hybridized carbons (Fsp3) is 0.780. The average molecular weight is 818 g/mol. The monoisotopic (exact) mass is 816 g/mol. The number of fused-ring (bicyclic) bond motifs is 2. The van der Waals surface area contributed by atoms with Crippen molar-refractivity contribution in [2.24, 2.45) is 23.2 Å². The van der Waals surface area contributed by atoms with Gasteiger partial charge in [0.25, 0.3) is 0 Å². The molecule has 1 fully saturated rings. The molecule has 11 nitrogen and oxygen atoms in total. The van der Waals surface area contributed by atoms with E-state index >= 15 is 0 Å². The van der Waals surface area contributed by atoms with E-state index in [9.17, 15) is 40.5 Å². The number of rotatable bonds is 16. The number of carbonyl (C=O) groups is 1. The Bertz CT molecular complexity index is 1280. The number of aliphatic hydroxyl groups is 7. The Balaban J connectivity index is 2.11. The number of methoxy groups -OCH3 is 1. The van der Waals surface area contributed by atoms with Gasteiger partial charge in [0, 0.05) is 41.7 Å². The minimum Gasteiger partial charge on any atom is -0.496 e. The van der Waals surface area contributed by atoms with Crippen LogP contribution >= 0.6 is 15.9 Å². The van der Waals surface area contributed by atoms with Crippen molar-refractivity contribution in [3.63, 3.8) is 0 Å². The van der Waals surface area contributed by atoms with E-state index in [0.29, 0.717) is 49.0 Å². The van der Waals surface area contributed by atoms with Crippen molar-refractivity contribution in [3.8, 4) is 0 Å². The van der Waals surface area contributed by atoms with E-state index in [4.69, 9.17) is 14.2 Å². The second-order valence-electron chi connectivity index (χ2n) is 17.0. The zero-order valence-corrected chi connectivity index (χ0v) is 35.0. The van der Waals surface area contributed by atoms with Crippen molar-refractivity contribution in [2.45, 2.75) is 174 Å². The van der Waals surface area contributed by atoms with Gasteiger partial charge in [-0.25, -0.2) is 4.79 Å². The topological polar surface area (TPSA) is 186 Å². The number of hydrogen-bond donors (Lipinski definition) is 7. The highest BCUT2D eigenvalue weighted by molar-refractivity contribution is 9.11. The lowest BCUT2D eigenvalue weighted by molar-refractivity contribution is -0.164. The van der Waals surface area contributed by atoms with Gasteiger partial charge in [0.1, 0.15) is 23.6 Å². The van der Waals surface area contributed by atoms with Crippen LogP contribution in [0, 0.1) is 23.2 Å². The number of hydrogen-bond acceptors (Lipinski definition) is 11. The van der Waals surface area contributed by atoms with Crippen molar-refractivity contribution in [1.29, 1.82) is 0 Å². The van der Waals surface area contributed by atoms with Crippen LogP contribution in [0.4, 0.5) is 0 Å². The summed E-state index contributed by atoms with van der Waals surface area (Å²) in [5.74, 6) is -0.376. The van der Waals surface area contributed by atoms with Crippen molar-refractivity contribution in [2.75, 3.05) is 7.11 Å². The number of aliphatic hydroxyl groups excluding tert-OH is 7. The minimum atomic E-state index is -1.27. The molecule has 0 radical (unpaired) electrons. The van der Waals surface area contributed by atoms with Gasteiger partial charge in [0.2, 0.25) is 0 Å². The van der Waals surface area contributed by atoms with Crippen LogP contribution in [0.25, 0.3) is 0 Å². The third-order valence-corrected chi connectivity index (χ3v) is 11.9. The van der Waals surface area contributed by atoms with Crippen molar-refractivity contribution in [1.82, 2.24) is 0 Å². The number of allylic oxidation sites excluding steroid dienone is 2. The molecule has 0 spiro atoms. The fourth-order valence-electron chi connectivity index (χ4n) is 7.69. The van der Waals surface area contributed by atoms with E-state index in [1.165, 1.54) is 13.2 Å². The lowest BCUT2D eigenvalue weighted by atomic mass is 9.75. The molecule has 0 aromatic rings. The van der Waals surface area contributed by atoms with Gasteiger partial charge in [-0.1, -0.05) is 74.3 Å². The van der Waals surface area contributed by atoms with Crippen LogP contribution in [0.1, 0.15) is 113 Å². The summed E-state index contributed by atoms with van der Waals surface area (Å²) in [5, 5.41) is 77.0. The highest BCUT2D eigenvalue weighted by atomic mass is 79.9. The molecule has 0 saturated carbocycles. The molecule has 1 saturated heterocycles. The highest BCUT2D eigenvalue weighted by Crippen LogP contribution is 2.41. The molecule has 2 aliphatic heterocycles. The van der Waals surface area contributed by atoms with Crippen molar-refractivity contribution >= 4 is 21.9 Å². The molecular weight excluding hydrogens is 748 g/mol.